The second-order valence-electron chi connectivity index (χ2n) is 2.08. The molecule has 1 nitrogen and oxygen atoms in total. The minimum Gasteiger partial charge on any atom is -0.384 e. The Kier molecular flexibility index (Phi) is 4.95. The lowest BCUT2D eigenvalue weighted by atomic mass is 10.2. The molecule has 0 aromatic rings. The fraction of sp³-hybridized carbons (Fsp3) is 0.500. The van der Waals surface area contributed by atoms with E-state index >= 15 is 0 Å². The molecular formula is C8H12O. The maximum atomic E-state index is 8.22. The van der Waals surface area contributed by atoms with Gasteiger partial charge in [0.05, 0.1) is 0 Å². The van der Waals surface area contributed by atoms with E-state index in [-0.39, 0.29) is 6.61 Å². The van der Waals surface area contributed by atoms with Gasteiger partial charge in [0, 0.05) is 0 Å². The van der Waals surface area contributed by atoms with Gasteiger partial charge in [-0.3, -0.25) is 0 Å². The molecule has 0 rings (SSSR count). The lowest BCUT2D eigenvalue weighted by molar-refractivity contribution is 0.350. The van der Waals surface area contributed by atoms with Crippen LogP contribution in [0, 0.1) is 17.8 Å². The molecule has 9 heavy (non-hydrogen) atoms. The summed E-state index contributed by atoms with van der Waals surface area (Å²) < 4.78 is 0. The molecule has 0 saturated heterocycles. The largest absolute Gasteiger partial charge is 0.384 e. The Morgan fingerprint density at radius 3 is 2.67 bits per heavy atom. The summed E-state index contributed by atoms with van der Waals surface area (Å²) in [6.07, 6.45) is 3.75. The summed E-state index contributed by atoms with van der Waals surface area (Å²) in [4.78, 5) is 0. The van der Waals surface area contributed by atoms with E-state index in [1.807, 2.05) is 6.08 Å². The van der Waals surface area contributed by atoms with Crippen LogP contribution in [0.4, 0.5) is 0 Å². The molecule has 0 aliphatic rings. The van der Waals surface area contributed by atoms with Gasteiger partial charge in [-0.05, 0) is 12.0 Å². The molecule has 50 valence electrons. The van der Waals surface area contributed by atoms with Crippen LogP contribution in [0.5, 0.6) is 0 Å². The summed E-state index contributed by atoms with van der Waals surface area (Å²) >= 11 is 0. The first-order valence-corrected chi connectivity index (χ1v) is 3.03. The van der Waals surface area contributed by atoms with Crippen molar-refractivity contribution in [3.05, 3.63) is 12.2 Å². The van der Waals surface area contributed by atoms with Gasteiger partial charge in [-0.25, -0.2) is 0 Å². The summed E-state index contributed by atoms with van der Waals surface area (Å²) in [7, 11) is 0. The first-order valence-electron chi connectivity index (χ1n) is 3.03. The zero-order valence-electron chi connectivity index (χ0n) is 5.89. The number of rotatable bonds is 1. The van der Waals surface area contributed by atoms with Crippen LogP contribution in [0.2, 0.25) is 0 Å². The van der Waals surface area contributed by atoms with Crippen LogP contribution < -0.4 is 0 Å². The third-order valence-corrected chi connectivity index (χ3v) is 0.746. The fourth-order valence-corrected chi connectivity index (χ4v) is 0.345. The standard InChI is InChI=1S/C8H12O/c1-8(2)6-4-3-5-7-9/h4,6,8-9H,7H2,1-2H3. The van der Waals surface area contributed by atoms with E-state index in [9.17, 15) is 0 Å². The summed E-state index contributed by atoms with van der Waals surface area (Å²) in [6.45, 7) is 4.11. The van der Waals surface area contributed by atoms with E-state index in [4.69, 9.17) is 5.11 Å². The van der Waals surface area contributed by atoms with Gasteiger partial charge in [0.25, 0.3) is 0 Å². The van der Waals surface area contributed by atoms with Gasteiger partial charge >= 0.3 is 0 Å². The molecule has 0 aromatic carbocycles. The van der Waals surface area contributed by atoms with Crippen molar-refractivity contribution in [2.24, 2.45) is 5.92 Å². The third kappa shape index (κ3) is 7.26. The van der Waals surface area contributed by atoms with Crippen molar-refractivity contribution >= 4 is 0 Å². The highest BCUT2D eigenvalue weighted by atomic mass is 16.2. The second kappa shape index (κ2) is 5.40. The molecule has 1 N–H and O–H groups in total. The summed E-state index contributed by atoms with van der Waals surface area (Å²) in [5.41, 5.74) is 0. The van der Waals surface area contributed by atoms with E-state index in [1.54, 1.807) is 6.08 Å². The molecule has 0 saturated carbocycles. The molecule has 0 unspecified atom stereocenters. The Morgan fingerprint density at radius 2 is 2.22 bits per heavy atom. The number of hydrogen-bond acceptors (Lipinski definition) is 1. The summed E-state index contributed by atoms with van der Waals surface area (Å²) in [5.74, 6) is 5.75. The Hall–Kier alpha value is -0.740. The van der Waals surface area contributed by atoms with Crippen LogP contribution >= 0.6 is 0 Å². The quantitative estimate of drug-likeness (QED) is 0.521. The first kappa shape index (κ1) is 8.26. The van der Waals surface area contributed by atoms with Gasteiger partial charge < -0.3 is 5.11 Å². The topological polar surface area (TPSA) is 20.2 Å². The molecule has 0 spiro atoms. The Balaban J connectivity index is 3.47. The van der Waals surface area contributed by atoms with Gasteiger partial charge in [0.2, 0.25) is 0 Å². The molecule has 0 amide bonds. The third-order valence-electron chi connectivity index (χ3n) is 0.746. The molecule has 0 aliphatic heterocycles. The van der Waals surface area contributed by atoms with Gasteiger partial charge in [0.1, 0.15) is 6.61 Å². The Labute approximate surface area is 56.4 Å². The Bertz CT molecular complexity index is 134. The highest BCUT2D eigenvalue weighted by molar-refractivity contribution is 5.15. The molecule has 0 bridgehead atoms. The highest BCUT2D eigenvalue weighted by Crippen LogP contribution is 1.91. The molecular weight excluding hydrogens is 112 g/mol. The van der Waals surface area contributed by atoms with Crippen molar-refractivity contribution in [2.45, 2.75) is 13.8 Å². The summed E-state index contributed by atoms with van der Waals surface area (Å²) in [6, 6.07) is 0. The minimum atomic E-state index is -0.0531. The normalized spacial score (nSPS) is 9.78. The van der Waals surface area contributed by atoms with Crippen molar-refractivity contribution in [3.8, 4) is 11.8 Å². The summed E-state index contributed by atoms with van der Waals surface area (Å²) in [5, 5.41) is 8.22. The average molecular weight is 124 g/mol. The van der Waals surface area contributed by atoms with Crippen LogP contribution in [0.25, 0.3) is 0 Å². The van der Waals surface area contributed by atoms with E-state index in [1.165, 1.54) is 0 Å². The first-order chi connectivity index (χ1) is 4.27. The van der Waals surface area contributed by atoms with Crippen LogP contribution in [-0.4, -0.2) is 11.7 Å². The van der Waals surface area contributed by atoms with Crippen molar-refractivity contribution in [2.75, 3.05) is 6.61 Å². The van der Waals surface area contributed by atoms with Crippen molar-refractivity contribution < 1.29 is 5.11 Å². The van der Waals surface area contributed by atoms with Crippen molar-refractivity contribution in [3.63, 3.8) is 0 Å². The molecule has 0 aliphatic carbocycles. The molecule has 0 aromatic heterocycles. The number of aliphatic hydroxyl groups excluding tert-OH is 1. The van der Waals surface area contributed by atoms with E-state index in [0.29, 0.717) is 5.92 Å². The van der Waals surface area contributed by atoms with Gasteiger partial charge in [0.15, 0.2) is 0 Å². The SMILES string of the molecule is CC(C)C=CC#CCO. The van der Waals surface area contributed by atoms with Crippen LogP contribution in [0.3, 0.4) is 0 Å². The molecule has 0 atom stereocenters. The van der Waals surface area contributed by atoms with E-state index in [2.05, 4.69) is 25.7 Å². The molecule has 1 heteroatoms. The molecule has 0 fully saturated rings. The lowest BCUT2D eigenvalue weighted by Gasteiger charge is -1.87. The Morgan fingerprint density at radius 1 is 1.56 bits per heavy atom. The fourth-order valence-electron chi connectivity index (χ4n) is 0.345. The van der Waals surface area contributed by atoms with Gasteiger partial charge in [-0.15, -0.1) is 0 Å². The maximum absolute atomic E-state index is 8.22. The van der Waals surface area contributed by atoms with Gasteiger partial charge in [-0.2, -0.15) is 0 Å². The highest BCUT2D eigenvalue weighted by Gasteiger charge is 1.78. The average Bonchev–Trinajstić information content (AvgIpc) is 1.80. The predicted molar refractivity (Wildman–Crippen MR) is 38.8 cm³/mol. The van der Waals surface area contributed by atoms with Gasteiger partial charge in [-0.1, -0.05) is 31.8 Å². The monoisotopic (exact) mass is 124 g/mol. The van der Waals surface area contributed by atoms with E-state index in [0.717, 1.165) is 0 Å². The number of aliphatic hydroxyl groups is 1. The predicted octanol–water partition coefficient (Wildman–Crippen LogP) is 1.19. The maximum Gasteiger partial charge on any atom is 0.104 e. The van der Waals surface area contributed by atoms with E-state index < -0.39 is 0 Å². The molecule has 0 radical (unpaired) electrons. The lowest BCUT2D eigenvalue weighted by Crippen LogP contribution is -1.75. The minimum absolute atomic E-state index is 0.0531. The van der Waals surface area contributed by atoms with Crippen LogP contribution in [0.1, 0.15) is 13.8 Å². The van der Waals surface area contributed by atoms with Crippen molar-refractivity contribution in [1.29, 1.82) is 0 Å². The van der Waals surface area contributed by atoms with Crippen LogP contribution in [-0.2, 0) is 0 Å². The number of allylic oxidation sites excluding steroid dienone is 2. The zero-order chi connectivity index (χ0) is 7.11. The smallest absolute Gasteiger partial charge is 0.104 e. The molecule has 0 heterocycles. The zero-order valence-corrected chi connectivity index (χ0v) is 5.89. The second-order valence-corrected chi connectivity index (χ2v) is 2.08. The number of hydrogen-bond donors (Lipinski definition) is 1. The van der Waals surface area contributed by atoms with Crippen molar-refractivity contribution in [1.82, 2.24) is 0 Å². The van der Waals surface area contributed by atoms with Crippen LogP contribution in [0.15, 0.2) is 12.2 Å².